The van der Waals surface area contributed by atoms with Crippen LogP contribution < -0.4 is 37.2 Å². The number of nitrogens with one attached hydrogen (secondary N) is 4. The number of aliphatic hydroxyl groups is 2. The van der Waals surface area contributed by atoms with Crippen LogP contribution >= 0.6 is 0 Å². The quantitative estimate of drug-likeness (QED) is 0.00715. The van der Waals surface area contributed by atoms with Crippen LogP contribution in [0.5, 0.6) is 0 Å². The van der Waals surface area contributed by atoms with Crippen LogP contribution in [0.2, 0.25) is 0 Å². The van der Waals surface area contributed by atoms with E-state index < -0.39 is 90.1 Å². The number of nitrogens with zero attached hydrogens (tertiary/aromatic N) is 13. The highest BCUT2D eigenvalue weighted by atomic mass is 16.6. The number of carbonyl (C=O) groups excluding carboxylic acids is 8. The molecule has 139 heavy (non-hydrogen) atoms. The third-order valence-electron chi connectivity index (χ3n) is 27.8. The van der Waals surface area contributed by atoms with Gasteiger partial charge in [-0.15, -0.1) is 0 Å². The number of esters is 1. The Morgan fingerprint density at radius 3 is 2.13 bits per heavy atom. The predicted molar refractivity (Wildman–Crippen MR) is 520 cm³/mol. The number of piperazine rings is 2. The second kappa shape index (κ2) is 51.0. The lowest BCUT2D eigenvalue weighted by atomic mass is 9.81. The maximum absolute atomic E-state index is 14.8. The van der Waals surface area contributed by atoms with Crippen molar-refractivity contribution in [3.63, 3.8) is 0 Å². The van der Waals surface area contributed by atoms with Crippen LogP contribution in [-0.2, 0) is 92.7 Å². The number of hydrogen-bond donors (Lipinski definition) is 8. The van der Waals surface area contributed by atoms with Gasteiger partial charge in [0.1, 0.15) is 60.0 Å². The van der Waals surface area contributed by atoms with E-state index in [9.17, 15) is 48.6 Å². The third-order valence-corrected chi connectivity index (χ3v) is 27.8. The molecule has 2 bridgehead atoms. The maximum atomic E-state index is 14.8. The molecule has 10 heterocycles. The summed E-state index contributed by atoms with van der Waals surface area (Å²) in [5.74, 6) is -2.45. The summed E-state index contributed by atoms with van der Waals surface area (Å²) >= 11 is 0. The van der Waals surface area contributed by atoms with Crippen molar-refractivity contribution in [1.29, 1.82) is 5.41 Å². The van der Waals surface area contributed by atoms with E-state index in [0.717, 1.165) is 35.4 Å². The fourth-order valence-corrected chi connectivity index (χ4v) is 19.5. The van der Waals surface area contributed by atoms with Gasteiger partial charge >= 0.3 is 12.1 Å². The molecule has 2 unspecified atom stereocenters. The van der Waals surface area contributed by atoms with Gasteiger partial charge in [-0.25, -0.2) is 39.5 Å². The summed E-state index contributed by atoms with van der Waals surface area (Å²) in [6, 6.07) is 10.3. The number of carbonyl (C=O) groups is 8. The maximum Gasteiger partial charge on any atom is 0.407 e. The molecule has 5 amide bonds. The number of cyclic esters (lactones) is 1. The van der Waals surface area contributed by atoms with Gasteiger partial charge in [-0.1, -0.05) is 82.4 Å². The average Bonchev–Trinajstić information content (AvgIpc) is 1.79. The highest BCUT2D eigenvalue weighted by Gasteiger charge is 2.45. The Kier molecular flexibility index (Phi) is 38.4. The van der Waals surface area contributed by atoms with Crippen molar-refractivity contribution in [2.75, 3.05) is 153 Å². The molecule has 5 fully saturated rings. The normalized spacial score (nSPS) is 26.1. The van der Waals surface area contributed by atoms with E-state index in [-0.39, 0.29) is 117 Å². The number of hydrogen-bond acceptors (Lipinski definition) is 33. The molecule has 6 aromatic rings. The molecule has 6 aliphatic heterocycles. The summed E-state index contributed by atoms with van der Waals surface area (Å²) in [5.41, 5.74) is 19.8. The third kappa shape index (κ3) is 28.8. The summed E-state index contributed by atoms with van der Waals surface area (Å²) in [7, 11) is 4.74. The molecule has 1 aliphatic carbocycles. The summed E-state index contributed by atoms with van der Waals surface area (Å²) in [5, 5.41) is 40.8. The fourth-order valence-electron chi connectivity index (χ4n) is 19.5. The number of ketones is 2. The van der Waals surface area contributed by atoms with Crippen LogP contribution in [0.25, 0.3) is 11.1 Å². The van der Waals surface area contributed by atoms with Crippen molar-refractivity contribution in [3.05, 3.63) is 154 Å². The van der Waals surface area contributed by atoms with Crippen molar-refractivity contribution in [1.82, 2.24) is 65.1 Å². The van der Waals surface area contributed by atoms with Gasteiger partial charge in [0.25, 0.3) is 17.8 Å². The van der Waals surface area contributed by atoms with E-state index in [1.165, 1.54) is 11.2 Å². The second-order valence-corrected chi connectivity index (χ2v) is 37.8. The van der Waals surface area contributed by atoms with Crippen molar-refractivity contribution in [2.45, 2.75) is 225 Å². The SMILES string of the molecule is CO[C@H]1CC2CC[C@@H](C)C(O2)C(=O)C(=O)N2CCCC[C@H]2C(=O)O[C@H](CC[C@@H]2CC[C@@H](OC(=O)NCCOCCC(=O)NCc3cnc(N4CCN(C(=O)CCOCCN5CCN(c6ncc(C(=O)N7CCc8cc(CNc9ncnc(N)c9C(=N)c9ccc%10oc(N)nc%10c9)ccc8C7)cn6)CC5)CC4)nc3)[C@H](OC)C2)C[C@@H](OC)[C@H](C)/C=C(\C)[C@@H](O)[C@@H](O)C(=O)[C@H](C)C[C@H](C)/C=C/C=CC=C1C. The molecule has 10 N–H and O–H groups in total. The lowest BCUT2D eigenvalue weighted by Crippen LogP contribution is -2.55. The number of amides is 5. The minimum atomic E-state index is -1.68. The first-order valence-electron chi connectivity index (χ1n) is 49.0. The van der Waals surface area contributed by atoms with Gasteiger partial charge in [0.05, 0.1) is 74.1 Å². The molecule has 1 saturated carbocycles. The summed E-state index contributed by atoms with van der Waals surface area (Å²) in [6.07, 6.45) is 19.0. The van der Waals surface area contributed by atoms with Crippen molar-refractivity contribution < 1.29 is 90.9 Å². The van der Waals surface area contributed by atoms with E-state index in [2.05, 4.69) is 66.7 Å². The predicted octanol–water partition coefficient (Wildman–Crippen LogP) is 8.64. The monoisotopic (exact) mass is 1920 g/mol. The first kappa shape index (κ1) is 105. The van der Waals surface area contributed by atoms with Gasteiger partial charge in [-0.2, -0.15) is 4.98 Å². The van der Waals surface area contributed by atoms with Crippen LogP contribution in [0, 0.1) is 35.0 Å². The number of methoxy groups -OCH3 is 3. The number of nitrogens with two attached hydrogens (primary N) is 2. The van der Waals surface area contributed by atoms with Crippen LogP contribution in [0.3, 0.4) is 0 Å². The molecular weight excluding hydrogens is 1780 g/mol. The van der Waals surface area contributed by atoms with Gasteiger partial charge in [-0.3, -0.25) is 39.1 Å². The number of anilines is 5. The van der Waals surface area contributed by atoms with Crippen LogP contribution in [-0.4, -0.2) is 305 Å². The first-order chi connectivity index (χ1) is 67.1. The molecular formula is C101H139N19O19. The number of piperidine rings is 1. The van der Waals surface area contributed by atoms with Crippen molar-refractivity contribution in [2.24, 2.45) is 29.6 Å². The Bertz CT molecular complexity index is 5290. The molecule has 13 rings (SSSR count). The van der Waals surface area contributed by atoms with E-state index in [0.29, 0.717) is 219 Å². The largest absolute Gasteiger partial charge is 0.461 e. The Morgan fingerprint density at radius 2 is 1.38 bits per heavy atom. The molecule has 4 saturated heterocycles. The van der Waals surface area contributed by atoms with Crippen molar-refractivity contribution in [3.8, 4) is 0 Å². The number of Topliss-reactive ketones (excluding diaryl/α,β-unsaturated/α-hetero) is 2. The number of rotatable bonds is 29. The smallest absolute Gasteiger partial charge is 0.407 e. The molecule has 2 aromatic carbocycles. The number of benzene rings is 2. The molecule has 38 nitrogen and oxygen atoms in total. The zero-order valence-corrected chi connectivity index (χ0v) is 81.5. The number of ether oxygens (including phenoxy) is 8. The number of allylic oxidation sites excluding steroid dienone is 5. The Balaban J connectivity index is 0.479. The van der Waals surface area contributed by atoms with E-state index in [4.69, 9.17) is 59.2 Å². The highest BCUT2D eigenvalue weighted by molar-refractivity contribution is 6.38. The van der Waals surface area contributed by atoms with Crippen molar-refractivity contribution >= 4 is 93.6 Å². The van der Waals surface area contributed by atoms with Gasteiger partial charge in [0, 0.05) is 187 Å². The highest BCUT2D eigenvalue weighted by Crippen LogP contribution is 2.37. The molecule has 752 valence electrons. The Labute approximate surface area is 812 Å². The molecule has 0 spiro atoms. The second-order valence-electron chi connectivity index (χ2n) is 37.8. The number of aliphatic hydroxyl groups excluding tert-OH is 2. The lowest BCUT2D eigenvalue weighted by Gasteiger charge is -2.38. The average molecular weight is 1920 g/mol. The molecule has 15 atom stereocenters. The van der Waals surface area contributed by atoms with Gasteiger partial charge < -0.3 is 104 Å². The fraction of sp³-hybridized carbons (Fsp3) is 0.584. The van der Waals surface area contributed by atoms with Gasteiger partial charge in [-0.05, 0) is 155 Å². The molecule has 7 aliphatic rings. The minimum absolute atomic E-state index is 0.0243. The number of aromatic nitrogens is 7. The summed E-state index contributed by atoms with van der Waals surface area (Å²) in [4.78, 5) is 153. The molecule has 38 heteroatoms. The van der Waals surface area contributed by atoms with E-state index >= 15 is 0 Å². The Hall–Kier alpha value is -11.6. The summed E-state index contributed by atoms with van der Waals surface area (Å²) in [6.45, 7) is 19.9. The number of alkyl carbamates (subject to hydrolysis) is 1. The summed E-state index contributed by atoms with van der Waals surface area (Å²) < 4.78 is 53.9. The number of oxazole rings is 1. The van der Waals surface area contributed by atoms with Crippen LogP contribution in [0.4, 0.5) is 34.3 Å². The number of nitrogen functional groups attached to an aromatic ring is 2. The molecule has 0 radical (unpaired) electrons. The Morgan fingerprint density at radius 1 is 0.647 bits per heavy atom. The van der Waals surface area contributed by atoms with E-state index in [1.807, 2.05) is 84.9 Å². The minimum Gasteiger partial charge on any atom is -0.461 e. The topological polar surface area (TPSA) is 486 Å². The number of fused-ring (bicyclic) bond motifs is 5. The first-order valence-corrected chi connectivity index (χ1v) is 49.0. The zero-order valence-electron chi connectivity index (χ0n) is 81.5. The van der Waals surface area contributed by atoms with Gasteiger partial charge in [0.15, 0.2) is 11.4 Å². The van der Waals surface area contributed by atoms with Crippen LogP contribution in [0.1, 0.15) is 182 Å². The lowest BCUT2D eigenvalue weighted by molar-refractivity contribution is -0.169. The van der Waals surface area contributed by atoms with E-state index in [1.54, 1.807) is 84.2 Å². The van der Waals surface area contributed by atoms with Crippen LogP contribution in [0.15, 0.2) is 120 Å². The van der Waals surface area contributed by atoms with Gasteiger partial charge in [0.2, 0.25) is 29.5 Å². The standard InChI is InChI=1S/C101H139N19O19/c1-62-15-11-10-12-16-63(2)81(131-7)52-75-24-18-64(3)92(136-75)91(126)96(128)120-32-14-13-17-78(120)97(129)137-76(53-82(132-8)65(4)48-67(6)89(124)90(125)88(123)66(5)47-62)25-20-68-21-26-80(83(50-68)133-9)139-101(130)105-31-45-134-43-29-84(121)106-55-70-56-108-99(109-57-70)118-40-38-116(39-41-118)85(122)30-44-135-46-42-115-34-36-117(37-35-115)100-110-58-74(59-111-100)95(127)119-33-28-71-49-69(19-22-73(71)60-119)54-107-94-86(93(103)112-61-113-94)87(102)72-23-27-79-77(51-72)114-98(104)138-79/h10-12,15-16,19,22-23,27,48-49,51,56-59,61-62,64-66,68,75-76,78,80-83,89-90,92,102,124-125H,13-14,17-18,20-21,24-26,28-47,50,52-55,60H2,1-9H3,(H2,104,114)(H,105,130)(H,106,121)(H3,103,107,112,113)/b12-10?,15-11+,63-16?,67-48+,102-87?/t62-,64-,65-,66-,68-,75?,76-,78+,80-,81+,82-,83-,89-,90+,92?/m1/s1. The zero-order chi connectivity index (χ0) is 98.8. The molecule has 4 aromatic heterocycles.